The monoisotopic (exact) mass is 300 g/mol. The van der Waals surface area contributed by atoms with Crippen LogP contribution < -0.4 is 9.80 Å². The van der Waals surface area contributed by atoms with Gasteiger partial charge < -0.3 is 4.90 Å². The summed E-state index contributed by atoms with van der Waals surface area (Å²) in [4.78, 5) is 27.8. The van der Waals surface area contributed by atoms with Gasteiger partial charge >= 0.3 is 0 Å². The average molecular weight is 301 g/mol. The molecule has 0 radical (unpaired) electrons. The standard InChI is InChI=1S/C16H13ClN2O2/c1-18-13-8-4-5-9-14(13)19(10-15(18)20)16(21)11-6-2-3-7-12(11)17/h2-9H,10H2,1H3. The molecule has 5 heteroatoms. The molecule has 4 nitrogen and oxygen atoms in total. The van der Waals surface area contributed by atoms with Crippen molar-refractivity contribution in [1.29, 1.82) is 0 Å². The molecule has 0 saturated carbocycles. The van der Waals surface area contributed by atoms with E-state index in [4.69, 9.17) is 11.6 Å². The number of nitrogens with zero attached hydrogens (tertiary/aromatic N) is 2. The van der Waals surface area contributed by atoms with Crippen molar-refractivity contribution in [2.24, 2.45) is 0 Å². The molecule has 0 fully saturated rings. The molecule has 0 bridgehead atoms. The average Bonchev–Trinajstić information content (AvgIpc) is 2.51. The molecule has 3 rings (SSSR count). The largest absolute Gasteiger partial charge is 0.312 e. The van der Waals surface area contributed by atoms with Crippen LogP contribution in [0.5, 0.6) is 0 Å². The lowest BCUT2D eigenvalue weighted by molar-refractivity contribution is -0.117. The molecular weight excluding hydrogens is 288 g/mol. The van der Waals surface area contributed by atoms with Gasteiger partial charge in [-0.05, 0) is 24.3 Å². The maximum Gasteiger partial charge on any atom is 0.260 e. The second kappa shape index (κ2) is 5.22. The molecular formula is C16H13ClN2O2. The molecule has 0 atom stereocenters. The first-order chi connectivity index (χ1) is 10.1. The number of anilines is 2. The fraction of sp³-hybridized carbons (Fsp3) is 0.125. The van der Waals surface area contributed by atoms with Gasteiger partial charge in [0.25, 0.3) is 5.91 Å². The number of likely N-dealkylation sites (N-methyl/N-ethyl adjacent to an activating group) is 1. The van der Waals surface area contributed by atoms with E-state index in [2.05, 4.69) is 0 Å². The van der Waals surface area contributed by atoms with Gasteiger partial charge in [-0.1, -0.05) is 35.9 Å². The lowest BCUT2D eigenvalue weighted by Gasteiger charge is -2.34. The van der Waals surface area contributed by atoms with Gasteiger partial charge in [0.1, 0.15) is 6.54 Å². The number of halogens is 1. The summed E-state index contributed by atoms with van der Waals surface area (Å²) in [5.74, 6) is -0.399. The Kier molecular flexibility index (Phi) is 3.39. The summed E-state index contributed by atoms with van der Waals surface area (Å²) in [5.41, 5.74) is 1.82. The molecule has 1 aliphatic rings. The molecule has 0 spiro atoms. The minimum absolute atomic E-state index is 0.0115. The van der Waals surface area contributed by atoms with E-state index >= 15 is 0 Å². The van der Waals surface area contributed by atoms with Crippen molar-refractivity contribution < 1.29 is 9.59 Å². The Bertz CT molecular complexity index is 730. The third kappa shape index (κ3) is 2.28. The van der Waals surface area contributed by atoms with E-state index in [-0.39, 0.29) is 18.4 Å². The third-order valence-corrected chi connectivity index (χ3v) is 3.88. The van der Waals surface area contributed by atoms with E-state index in [1.54, 1.807) is 36.2 Å². The molecule has 1 aliphatic heterocycles. The smallest absolute Gasteiger partial charge is 0.260 e. The van der Waals surface area contributed by atoms with Crippen LogP contribution in [0.3, 0.4) is 0 Å². The summed E-state index contributed by atoms with van der Waals surface area (Å²) >= 11 is 6.09. The number of carbonyl (C=O) groups is 2. The second-order valence-electron chi connectivity index (χ2n) is 4.81. The zero-order chi connectivity index (χ0) is 15.0. The fourth-order valence-corrected chi connectivity index (χ4v) is 2.61. The number of rotatable bonds is 1. The molecule has 2 aromatic carbocycles. The summed E-state index contributed by atoms with van der Waals surface area (Å²) in [7, 11) is 1.71. The molecule has 0 aromatic heterocycles. The highest BCUT2D eigenvalue weighted by Crippen LogP contribution is 2.33. The zero-order valence-electron chi connectivity index (χ0n) is 11.4. The van der Waals surface area contributed by atoms with Gasteiger partial charge in [0.05, 0.1) is 22.0 Å². The quantitative estimate of drug-likeness (QED) is 0.812. The van der Waals surface area contributed by atoms with Crippen LogP contribution in [-0.2, 0) is 4.79 Å². The molecule has 2 amide bonds. The summed E-state index contributed by atoms with van der Waals surface area (Å²) in [6.07, 6.45) is 0. The predicted molar refractivity (Wildman–Crippen MR) is 83.0 cm³/mol. The van der Waals surface area contributed by atoms with Crippen molar-refractivity contribution in [3.05, 3.63) is 59.1 Å². The van der Waals surface area contributed by atoms with E-state index in [1.165, 1.54) is 4.90 Å². The lowest BCUT2D eigenvalue weighted by atomic mass is 10.1. The number of benzene rings is 2. The molecule has 2 aromatic rings. The van der Waals surface area contributed by atoms with E-state index in [0.717, 1.165) is 0 Å². The van der Waals surface area contributed by atoms with Crippen molar-refractivity contribution in [1.82, 2.24) is 0 Å². The minimum Gasteiger partial charge on any atom is -0.312 e. The summed E-state index contributed by atoms with van der Waals surface area (Å²) in [6, 6.07) is 14.2. The minimum atomic E-state index is -0.269. The molecule has 0 N–H and O–H groups in total. The summed E-state index contributed by atoms with van der Waals surface area (Å²) in [5, 5.41) is 0.381. The van der Waals surface area contributed by atoms with Crippen LogP contribution in [0.1, 0.15) is 10.4 Å². The van der Waals surface area contributed by atoms with Crippen molar-refractivity contribution in [2.75, 3.05) is 23.4 Å². The molecule has 1 heterocycles. The highest BCUT2D eigenvalue weighted by molar-refractivity contribution is 6.35. The van der Waals surface area contributed by atoms with Crippen LogP contribution in [0.2, 0.25) is 5.02 Å². The molecule has 0 aliphatic carbocycles. The Morgan fingerprint density at radius 3 is 2.38 bits per heavy atom. The number of fused-ring (bicyclic) bond motifs is 1. The van der Waals surface area contributed by atoms with Crippen molar-refractivity contribution >= 4 is 34.8 Å². The molecule has 106 valence electrons. The second-order valence-corrected chi connectivity index (χ2v) is 5.22. The van der Waals surface area contributed by atoms with Crippen LogP contribution in [0.25, 0.3) is 0 Å². The fourth-order valence-electron chi connectivity index (χ4n) is 2.40. The molecule has 0 saturated heterocycles. The van der Waals surface area contributed by atoms with Crippen LogP contribution in [-0.4, -0.2) is 25.4 Å². The number of para-hydroxylation sites is 2. The van der Waals surface area contributed by atoms with Crippen LogP contribution in [0.15, 0.2) is 48.5 Å². The van der Waals surface area contributed by atoms with Gasteiger partial charge in [0, 0.05) is 7.05 Å². The first kappa shape index (κ1) is 13.6. The summed E-state index contributed by atoms with van der Waals surface area (Å²) in [6.45, 7) is 0.0115. The van der Waals surface area contributed by atoms with Gasteiger partial charge in [-0.3, -0.25) is 14.5 Å². The Labute approximate surface area is 127 Å². The topological polar surface area (TPSA) is 40.6 Å². The van der Waals surface area contributed by atoms with E-state index < -0.39 is 0 Å². The van der Waals surface area contributed by atoms with Crippen LogP contribution in [0, 0.1) is 0 Å². The van der Waals surface area contributed by atoms with Gasteiger partial charge in [0.15, 0.2) is 0 Å². The number of hydrogen-bond acceptors (Lipinski definition) is 2. The van der Waals surface area contributed by atoms with Crippen molar-refractivity contribution in [3.63, 3.8) is 0 Å². The van der Waals surface area contributed by atoms with Crippen LogP contribution >= 0.6 is 11.6 Å². The van der Waals surface area contributed by atoms with Crippen molar-refractivity contribution in [2.45, 2.75) is 0 Å². The third-order valence-electron chi connectivity index (χ3n) is 3.55. The maximum atomic E-state index is 12.7. The van der Waals surface area contributed by atoms with E-state index in [0.29, 0.717) is 22.0 Å². The summed E-state index contributed by atoms with van der Waals surface area (Å²) < 4.78 is 0. The Morgan fingerprint density at radius 2 is 1.67 bits per heavy atom. The normalized spacial score (nSPS) is 14.1. The maximum absolute atomic E-state index is 12.7. The van der Waals surface area contributed by atoms with Gasteiger partial charge in [-0.15, -0.1) is 0 Å². The zero-order valence-corrected chi connectivity index (χ0v) is 12.2. The Balaban J connectivity index is 2.07. The molecule has 0 unspecified atom stereocenters. The SMILES string of the molecule is CN1C(=O)CN(C(=O)c2ccccc2Cl)c2ccccc21. The lowest BCUT2D eigenvalue weighted by Crippen LogP contribution is -2.46. The number of amides is 2. The van der Waals surface area contributed by atoms with Gasteiger partial charge in [0.2, 0.25) is 5.91 Å². The van der Waals surface area contributed by atoms with E-state index in [9.17, 15) is 9.59 Å². The van der Waals surface area contributed by atoms with Gasteiger partial charge in [-0.2, -0.15) is 0 Å². The van der Waals surface area contributed by atoms with Crippen LogP contribution in [0.4, 0.5) is 11.4 Å². The Hall–Kier alpha value is -2.33. The first-order valence-corrected chi connectivity index (χ1v) is 6.89. The molecule has 21 heavy (non-hydrogen) atoms. The Morgan fingerprint density at radius 1 is 1.05 bits per heavy atom. The van der Waals surface area contributed by atoms with Gasteiger partial charge in [-0.25, -0.2) is 0 Å². The number of carbonyl (C=O) groups excluding carboxylic acids is 2. The van der Waals surface area contributed by atoms with E-state index in [1.807, 2.05) is 24.3 Å². The number of hydrogen-bond donors (Lipinski definition) is 0. The highest BCUT2D eigenvalue weighted by atomic mass is 35.5. The highest BCUT2D eigenvalue weighted by Gasteiger charge is 2.31. The van der Waals surface area contributed by atoms with Crippen molar-refractivity contribution in [3.8, 4) is 0 Å². The predicted octanol–water partition coefficient (Wildman–Crippen LogP) is 2.96. The first-order valence-electron chi connectivity index (χ1n) is 6.51.